The Kier molecular flexibility index (Phi) is 3.60. The Morgan fingerprint density at radius 1 is 1.24 bits per heavy atom. The first kappa shape index (κ1) is 16.7. The molecule has 0 bridgehead atoms. The number of Topliss-reactive ketones (excluding diaryl/α,β-unsaturated/α-hetero) is 2. The van der Waals surface area contributed by atoms with Crippen LogP contribution in [0.15, 0.2) is 18.2 Å². The van der Waals surface area contributed by atoms with Crippen molar-refractivity contribution in [3.05, 3.63) is 29.3 Å². The molecule has 1 aromatic carbocycles. The fraction of sp³-hybridized carbons (Fsp3) is 0.556. The van der Waals surface area contributed by atoms with Gasteiger partial charge in [0.1, 0.15) is 11.5 Å². The molecular weight excluding hydrogens is 344 g/mol. The second-order valence-corrected chi connectivity index (χ2v) is 8.70. The van der Waals surface area contributed by atoms with Crippen molar-refractivity contribution < 1.29 is 26.7 Å². The van der Waals surface area contributed by atoms with Gasteiger partial charge in [0.15, 0.2) is 5.78 Å². The maximum atomic E-state index is 12.7. The highest BCUT2D eigenvalue weighted by Gasteiger charge is 2.55. The van der Waals surface area contributed by atoms with Crippen molar-refractivity contribution in [2.75, 3.05) is 0 Å². The van der Waals surface area contributed by atoms with Crippen molar-refractivity contribution in [2.45, 2.75) is 44.9 Å². The van der Waals surface area contributed by atoms with E-state index < -0.39 is 10.4 Å². The molecule has 7 heteroatoms. The zero-order valence-electron chi connectivity index (χ0n) is 13.9. The van der Waals surface area contributed by atoms with Gasteiger partial charge in [-0.25, -0.2) is 0 Å². The highest BCUT2D eigenvalue weighted by Crippen LogP contribution is 2.59. The zero-order valence-corrected chi connectivity index (χ0v) is 14.7. The van der Waals surface area contributed by atoms with Crippen LogP contribution in [-0.2, 0) is 15.2 Å². The summed E-state index contributed by atoms with van der Waals surface area (Å²) in [5.74, 6) is 0.816. The van der Waals surface area contributed by atoms with E-state index in [9.17, 15) is 18.0 Å². The van der Waals surface area contributed by atoms with E-state index in [1.54, 1.807) is 6.07 Å². The van der Waals surface area contributed by atoms with Crippen molar-refractivity contribution in [3.63, 3.8) is 0 Å². The molecule has 0 saturated heterocycles. The van der Waals surface area contributed by atoms with Crippen LogP contribution in [-0.4, -0.2) is 24.5 Å². The van der Waals surface area contributed by atoms with Crippen LogP contribution in [0.4, 0.5) is 0 Å². The van der Waals surface area contributed by atoms with Gasteiger partial charge in [-0.2, -0.15) is 8.42 Å². The summed E-state index contributed by atoms with van der Waals surface area (Å²) in [6.07, 6.45) is 3.51. The van der Waals surface area contributed by atoms with Crippen LogP contribution in [0.2, 0.25) is 0 Å². The fourth-order valence-corrected chi connectivity index (χ4v) is 5.67. The lowest BCUT2D eigenvalue weighted by atomic mass is 9.55. The van der Waals surface area contributed by atoms with Crippen molar-refractivity contribution in [2.24, 2.45) is 17.3 Å². The molecule has 134 valence electrons. The molecule has 0 amide bonds. The molecule has 0 heterocycles. The fourth-order valence-electron chi connectivity index (χ4n) is 5.33. The molecule has 6 nitrogen and oxygen atoms in total. The van der Waals surface area contributed by atoms with E-state index >= 15 is 0 Å². The molecule has 2 saturated carbocycles. The lowest BCUT2D eigenvalue weighted by Crippen LogP contribution is -2.43. The number of benzene rings is 1. The molecule has 0 unspecified atom stereocenters. The molecule has 1 aromatic rings. The Bertz CT molecular complexity index is 874. The van der Waals surface area contributed by atoms with E-state index in [0.29, 0.717) is 24.2 Å². The molecule has 4 atom stereocenters. The van der Waals surface area contributed by atoms with E-state index in [2.05, 4.69) is 4.18 Å². The molecule has 1 N–H and O–H groups in total. The number of hydrogen-bond acceptors (Lipinski definition) is 5. The molecule has 0 aromatic heterocycles. The third kappa shape index (κ3) is 2.60. The highest BCUT2D eigenvalue weighted by atomic mass is 32.3. The van der Waals surface area contributed by atoms with Crippen molar-refractivity contribution in [1.29, 1.82) is 0 Å². The van der Waals surface area contributed by atoms with Gasteiger partial charge >= 0.3 is 10.4 Å². The first-order valence-corrected chi connectivity index (χ1v) is 9.93. The molecule has 3 aliphatic carbocycles. The van der Waals surface area contributed by atoms with E-state index in [1.807, 2.05) is 6.92 Å². The summed E-state index contributed by atoms with van der Waals surface area (Å²) in [7, 11) is -4.62. The van der Waals surface area contributed by atoms with Crippen LogP contribution in [0.3, 0.4) is 0 Å². The summed E-state index contributed by atoms with van der Waals surface area (Å²) in [5.41, 5.74) is 1.08. The predicted molar refractivity (Wildman–Crippen MR) is 88.9 cm³/mol. The minimum atomic E-state index is -4.62. The summed E-state index contributed by atoms with van der Waals surface area (Å²) in [5, 5.41) is 0. The standard InChI is InChI=1S/C18H20O6S/c1-18-7-6-12-11-3-2-10(24-25(21,22)23)8-14(11)16(19)9-13(12)15(18)4-5-17(18)20/h2-3,8,12-13,15H,4-7,9H2,1H3,(H,21,22,23)/t12-,13-,15+,18+/m1/s1. The first-order valence-electron chi connectivity index (χ1n) is 8.56. The second kappa shape index (κ2) is 5.38. The van der Waals surface area contributed by atoms with Crippen molar-refractivity contribution in [3.8, 4) is 5.75 Å². The normalized spacial score (nSPS) is 34.2. The number of fused-ring (bicyclic) bond motifs is 5. The molecule has 0 aliphatic heterocycles. The number of hydrogen-bond donors (Lipinski definition) is 1. The third-order valence-corrected chi connectivity index (χ3v) is 6.90. The van der Waals surface area contributed by atoms with Gasteiger partial charge in [-0.1, -0.05) is 13.0 Å². The lowest BCUT2D eigenvalue weighted by molar-refractivity contribution is -0.129. The maximum absolute atomic E-state index is 12.7. The van der Waals surface area contributed by atoms with Crippen LogP contribution in [0.5, 0.6) is 5.75 Å². The molecule has 0 radical (unpaired) electrons. The van der Waals surface area contributed by atoms with Gasteiger partial charge in [-0.3, -0.25) is 14.1 Å². The Morgan fingerprint density at radius 2 is 2.00 bits per heavy atom. The topological polar surface area (TPSA) is 97.7 Å². The van der Waals surface area contributed by atoms with Crippen LogP contribution in [0.25, 0.3) is 0 Å². The smallest absolute Gasteiger partial charge is 0.362 e. The number of carbonyl (C=O) groups excluding carboxylic acids is 2. The van der Waals surface area contributed by atoms with Gasteiger partial charge in [0.2, 0.25) is 0 Å². The molecule has 25 heavy (non-hydrogen) atoms. The maximum Gasteiger partial charge on any atom is 0.446 e. The van der Waals surface area contributed by atoms with Crippen LogP contribution < -0.4 is 4.18 Å². The Hall–Kier alpha value is -1.73. The van der Waals surface area contributed by atoms with Gasteiger partial charge in [0, 0.05) is 23.8 Å². The minimum Gasteiger partial charge on any atom is -0.362 e. The Labute approximate surface area is 146 Å². The van der Waals surface area contributed by atoms with Crippen molar-refractivity contribution >= 4 is 22.0 Å². The molecule has 4 rings (SSSR count). The van der Waals surface area contributed by atoms with Gasteiger partial charge < -0.3 is 4.18 Å². The van der Waals surface area contributed by atoms with Crippen LogP contribution >= 0.6 is 0 Å². The lowest BCUT2D eigenvalue weighted by Gasteiger charge is -2.47. The molecule has 2 fully saturated rings. The summed E-state index contributed by atoms with van der Waals surface area (Å²) in [4.78, 5) is 25.0. The molecule has 3 aliphatic rings. The zero-order chi connectivity index (χ0) is 18.0. The largest absolute Gasteiger partial charge is 0.446 e. The molecule has 0 spiro atoms. The number of ketones is 2. The monoisotopic (exact) mass is 364 g/mol. The average Bonchev–Trinajstić information content (AvgIpc) is 2.82. The summed E-state index contributed by atoms with van der Waals surface area (Å²) in [6, 6.07) is 4.59. The quantitative estimate of drug-likeness (QED) is 0.810. The second-order valence-electron chi connectivity index (χ2n) is 7.68. The van der Waals surface area contributed by atoms with E-state index in [-0.39, 0.29) is 34.7 Å². The SMILES string of the molecule is C[C@]12CC[C@@H]3c4ccc(OS(=O)(=O)O)cc4C(=O)C[C@H]3[C@@H]1CCC2=O. The van der Waals surface area contributed by atoms with E-state index in [0.717, 1.165) is 24.8 Å². The van der Waals surface area contributed by atoms with Gasteiger partial charge in [-0.15, -0.1) is 0 Å². The first-order chi connectivity index (χ1) is 11.7. The third-order valence-electron chi connectivity index (χ3n) is 6.49. The highest BCUT2D eigenvalue weighted by molar-refractivity contribution is 7.81. The average molecular weight is 364 g/mol. The van der Waals surface area contributed by atoms with Gasteiger partial charge in [-0.05, 0) is 54.7 Å². The number of carbonyl (C=O) groups is 2. The van der Waals surface area contributed by atoms with Crippen LogP contribution in [0, 0.1) is 17.3 Å². The summed E-state index contributed by atoms with van der Waals surface area (Å²) in [6.45, 7) is 2.05. The van der Waals surface area contributed by atoms with E-state index in [1.165, 1.54) is 12.1 Å². The van der Waals surface area contributed by atoms with E-state index in [4.69, 9.17) is 4.55 Å². The van der Waals surface area contributed by atoms with Crippen molar-refractivity contribution in [1.82, 2.24) is 0 Å². The summed E-state index contributed by atoms with van der Waals surface area (Å²) >= 11 is 0. The predicted octanol–water partition coefficient (Wildman–Crippen LogP) is 2.93. The molecular formula is C18H20O6S. The van der Waals surface area contributed by atoms with Gasteiger partial charge in [0.05, 0.1) is 0 Å². The minimum absolute atomic E-state index is 0.0550. The summed E-state index contributed by atoms with van der Waals surface area (Å²) < 4.78 is 35.1. The Balaban J connectivity index is 1.71. The number of rotatable bonds is 2. The van der Waals surface area contributed by atoms with Crippen LogP contribution in [0.1, 0.15) is 60.9 Å². The Morgan fingerprint density at radius 3 is 2.72 bits per heavy atom. The van der Waals surface area contributed by atoms with Gasteiger partial charge in [0.25, 0.3) is 0 Å².